The minimum absolute atomic E-state index is 0.0340. The molecule has 7 heteroatoms. The SMILES string of the molecule is CNC(=O)c1ccc(NS(=O)(=O)CC(C)CCl)cc1. The van der Waals surface area contributed by atoms with Crippen molar-refractivity contribution in [1.82, 2.24) is 5.32 Å². The van der Waals surface area contributed by atoms with Crippen LogP contribution in [0.4, 0.5) is 5.69 Å². The fourth-order valence-electron chi connectivity index (χ4n) is 1.47. The van der Waals surface area contributed by atoms with Crippen LogP contribution in [-0.2, 0) is 10.0 Å². The minimum Gasteiger partial charge on any atom is -0.355 e. The van der Waals surface area contributed by atoms with Crippen molar-refractivity contribution in [2.24, 2.45) is 5.92 Å². The molecular weight excluding hydrogens is 288 g/mol. The quantitative estimate of drug-likeness (QED) is 0.785. The van der Waals surface area contributed by atoms with Gasteiger partial charge in [0.05, 0.1) is 5.75 Å². The molecule has 0 saturated heterocycles. The van der Waals surface area contributed by atoms with Gasteiger partial charge in [0.2, 0.25) is 10.0 Å². The Balaban J connectivity index is 2.75. The molecule has 0 radical (unpaired) electrons. The molecule has 0 aliphatic heterocycles. The molecule has 0 aliphatic carbocycles. The smallest absolute Gasteiger partial charge is 0.251 e. The van der Waals surface area contributed by atoms with Gasteiger partial charge in [0.1, 0.15) is 0 Å². The van der Waals surface area contributed by atoms with Crippen LogP contribution in [0.1, 0.15) is 17.3 Å². The molecule has 0 heterocycles. The van der Waals surface area contributed by atoms with Gasteiger partial charge >= 0.3 is 0 Å². The van der Waals surface area contributed by atoms with E-state index in [1.807, 2.05) is 0 Å². The summed E-state index contributed by atoms with van der Waals surface area (Å²) in [4.78, 5) is 11.3. The van der Waals surface area contributed by atoms with E-state index in [9.17, 15) is 13.2 Å². The molecule has 0 spiro atoms. The van der Waals surface area contributed by atoms with Crippen LogP contribution < -0.4 is 10.0 Å². The molecule has 19 heavy (non-hydrogen) atoms. The lowest BCUT2D eigenvalue weighted by Gasteiger charge is -2.11. The molecule has 0 aliphatic rings. The highest BCUT2D eigenvalue weighted by Gasteiger charge is 2.15. The van der Waals surface area contributed by atoms with Gasteiger partial charge in [-0.2, -0.15) is 0 Å². The first-order chi connectivity index (χ1) is 8.88. The maximum absolute atomic E-state index is 11.8. The Kier molecular flexibility index (Phi) is 5.62. The molecule has 1 aromatic carbocycles. The molecule has 0 bridgehead atoms. The normalized spacial score (nSPS) is 12.8. The standard InChI is InChI=1S/C12H17ClN2O3S/c1-9(7-13)8-19(17,18)15-11-5-3-10(4-6-11)12(16)14-2/h3-6,9,15H,7-8H2,1-2H3,(H,14,16). The summed E-state index contributed by atoms with van der Waals surface area (Å²) in [6, 6.07) is 6.21. The Morgan fingerprint density at radius 3 is 2.37 bits per heavy atom. The van der Waals surface area contributed by atoms with Gasteiger partial charge < -0.3 is 5.32 Å². The van der Waals surface area contributed by atoms with Gasteiger partial charge in [0.15, 0.2) is 0 Å². The predicted octanol–water partition coefficient (Wildman–Crippen LogP) is 1.66. The van der Waals surface area contributed by atoms with Crippen molar-refractivity contribution in [3.63, 3.8) is 0 Å². The highest BCUT2D eigenvalue weighted by atomic mass is 35.5. The number of halogens is 1. The van der Waals surface area contributed by atoms with Crippen molar-refractivity contribution in [3.8, 4) is 0 Å². The third kappa shape index (κ3) is 5.08. The Bertz CT molecular complexity index is 528. The van der Waals surface area contributed by atoms with E-state index in [0.717, 1.165) is 0 Å². The summed E-state index contributed by atoms with van der Waals surface area (Å²) in [5, 5.41) is 2.49. The van der Waals surface area contributed by atoms with Gasteiger partial charge in [0.25, 0.3) is 5.91 Å². The molecule has 1 rings (SSSR count). The van der Waals surface area contributed by atoms with Crippen molar-refractivity contribution in [2.75, 3.05) is 23.4 Å². The van der Waals surface area contributed by atoms with Gasteiger partial charge in [0, 0.05) is 24.2 Å². The maximum Gasteiger partial charge on any atom is 0.251 e. The van der Waals surface area contributed by atoms with E-state index >= 15 is 0 Å². The first-order valence-corrected chi connectivity index (χ1v) is 7.95. The molecule has 1 aromatic rings. The summed E-state index contributed by atoms with van der Waals surface area (Å²) in [6.45, 7) is 1.76. The highest BCUT2D eigenvalue weighted by molar-refractivity contribution is 7.92. The molecule has 2 N–H and O–H groups in total. The predicted molar refractivity (Wildman–Crippen MR) is 77.1 cm³/mol. The topological polar surface area (TPSA) is 75.3 Å². The van der Waals surface area contributed by atoms with Gasteiger partial charge in [-0.3, -0.25) is 9.52 Å². The van der Waals surface area contributed by atoms with Crippen molar-refractivity contribution in [3.05, 3.63) is 29.8 Å². The third-order valence-corrected chi connectivity index (χ3v) is 4.50. The maximum atomic E-state index is 11.8. The second-order valence-electron chi connectivity index (χ2n) is 4.30. The van der Waals surface area contributed by atoms with E-state index in [2.05, 4.69) is 10.0 Å². The van der Waals surface area contributed by atoms with Crippen LogP contribution in [0.2, 0.25) is 0 Å². The Labute approximate surface area is 118 Å². The summed E-state index contributed by atoms with van der Waals surface area (Å²) in [5.74, 6) is -0.0843. The number of carbonyl (C=O) groups is 1. The van der Waals surface area contributed by atoms with E-state index < -0.39 is 10.0 Å². The number of amides is 1. The van der Waals surface area contributed by atoms with E-state index in [1.54, 1.807) is 31.2 Å². The molecule has 0 saturated carbocycles. The monoisotopic (exact) mass is 304 g/mol. The van der Waals surface area contributed by atoms with Crippen LogP contribution in [0.15, 0.2) is 24.3 Å². The Hall–Kier alpha value is -1.27. The van der Waals surface area contributed by atoms with Gasteiger partial charge in [-0.15, -0.1) is 11.6 Å². The second kappa shape index (κ2) is 6.77. The summed E-state index contributed by atoms with van der Waals surface area (Å²) >= 11 is 5.60. The number of alkyl halides is 1. The van der Waals surface area contributed by atoms with Crippen molar-refractivity contribution >= 4 is 33.2 Å². The van der Waals surface area contributed by atoms with Crippen molar-refractivity contribution < 1.29 is 13.2 Å². The number of carbonyl (C=O) groups excluding carboxylic acids is 1. The number of sulfonamides is 1. The van der Waals surface area contributed by atoms with Crippen LogP contribution in [0.25, 0.3) is 0 Å². The average Bonchev–Trinajstić information content (AvgIpc) is 2.37. The summed E-state index contributed by atoms with van der Waals surface area (Å²) in [7, 11) is -1.89. The van der Waals surface area contributed by atoms with Crippen LogP contribution in [0, 0.1) is 5.92 Å². The van der Waals surface area contributed by atoms with Crippen LogP contribution in [0.5, 0.6) is 0 Å². The summed E-state index contributed by atoms with van der Waals surface area (Å²) < 4.78 is 26.0. The van der Waals surface area contributed by atoms with Crippen LogP contribution >= 0.6 is 11.6 Å². The van der Waals surface area contributed by atoms with Gasteiger partial charge in [-0.25, -0.2) is 8.42 Å². The fraction of sp³-hybridized carbons (Fsp3) is 0.417. The number of hydrogen-bond acceptors (Lipinski definition) is 3. The summed E-state index contributed by atoms with van der Waals surface area (Å²) in [6.07, 6.45) is 0. The highest BCUT2D eigenvalue weighted by Crippen LogP contribution is 2.13. The third-order valence-electron chi connectivity index (χ3n) is 2.41. The molecule has 0 fully saturated rings. The van der Waals surface area contributed by atoms with E-state index in [0.29, 0.717) is 11.3 Å². The summed E-state index contributed by atoms with van der Waals surface area (Å²) in [5.41, 5.74) is 0.897. The van der Waals surface area contributed by atoms with Crippen molar-refractivity contribution in [1.29, 1.82) is 0 Å². The molecule has 1 amide bonds. The van der Waals surface area contributed by atoms with E-state index in [-0.39, 0.29) is 23.5 Å². The lowest BCUT2D eigenvalue weighted by Crippen LogP contribution is -2.22. The first-order valence-electron chi connectivity index (χ1n) is 5.76. The lowest BCUT2D eigenvalue weighted by molar-refractivity contribution is 0.0963. The number of nitrogens with one attached hydrogen (secondary N) is 2. The number of rotatable bonds is 6. The number of anilines is 1. The fourth-order valence-corrected chi connectivity index (χ4v) is 3.16. The number of hydrogen-bond donors (Lipinski definition) is 2. The average molecular weight is 305 g/mol. The minimum atomic E-state index is -3.42. The lowest BCUT2D eigenvalue weighted by atomic mass is 10.2. The van der Waals surface area contributed by atoms with E-state index in [1.165, 1.54) is 7.05 Å². The van der Waals surface area contributed by atoms with Crippen LogP contribution in [0.3, 0.4) is 0 Å². The molecule has 106 valence electrons. The Morgan fingerprint density at radius 1 is 1.32 bits per heavy atom. The second-order valence-corrected chi connectivity index (χ2v) is 6.37. The number of benzene rings is 1. The van der Waals surface area contributed by atoms with E-state index in [4.69, 9.17) is 11.6 Å². The van der Waals surface area contributed by atoms with Gasteiger partial charge in [-0.05, 0) is 30.2 Å². The molecule has 1 unspecified atom stereocenters. The molecule has 0 aromatic heterocycles. The first kappa shape index (κ1) is 15.8. The molecular formula is C12H17ClN2O3S. The zero-order valence-electron chi connectivity index (χ0n) is 10.8. The zero-order valence-corrected chi connectivity index (χ0v) is 12.4. The largest absolute Gasteiger partial charge is 0.355 e. The van der Waals surface area contributed by atoms with Gasteiger partial charge in [-0.1, -0.05) is 6.92 Å². The molecule has 1 atom stereocenters. The van der Waals surface area contributed by atoms with Crippen LogP contribution in [-0.4, -0.2) is 33.0 Å². The molecule has 5 nitrogen and oxygen atoms in total. The Morgan fingerprint density at radius 2 is 1.89 bits per heavy atom. The zero-order chi connectivity index (χ0) is 14.5. The van der Waals surface area contributed by atoms with Crippen molar-refractivity contribution in [2.45, 2.75) is 6.92 Å².